The normalized spacial score (nSPS) is 16.1. The molecule has 0 saturated carbocycles. The maximum absolute atomic E-state index is 13.3. The van der Waals surface area contributed by atoms with Crippen LogP contribution in [0.4, 0.5) is 4.39 Å². The highest BCUT2D eigenvalue weighted by Gasteiger charge is 2.17. The molecule has 0 bridgehead atoms. The highest BCUT2D eigenvalue weighted by Crippen LogP contribution is 2.14. The van der Waals surface area contributed by atoms with E-state index in [1.165, 1.54) is 0 Å². The fraction of sp³-hybridized carbons (Fsp3) is 0.545. The highest BCUT2D eigenvalue weighted by molar-refractivity contribution is 5.19. The number of rotatable bonds is 4. The average Bonchev–Trinajstić information content (AvgIpc) is 2.16. The molecular formula is C11H15FN2O. The van der Waals surface area contributed by atoms with E-state index >= 15 is 0 Å². The molecule has 0 spiro atoms. The molecule has 1 N–H and O–H groups in total. The molecule has 82 valence electrons. The van der Waals surface area contributed by atoms with E-state index in [1.807, 2.05) is 6.92 Å². The Balaban J connectivity index is 1.93. The van der Waals surface area contributed by atoms with Crippen LogP contribution in [-0.4, -0.2) is 24.7 Å². The SMILES string of the molecule is CCc1ccc(OCC2CNC2)nc1F. The molecule has 1 fully saturated rings. The van der Waals surface area contributed by atoms with Crippen LogP contribution in [0.1, 0.15) is 12.5 Å². The lowest BCUT2D eigenvalue weighted by Gasteiger charge is -2.26. The molecule has 0 unspecified atom stereocenters. The molecule has 1 aliphatic rings. The molecule has 1 aliphatic heterocycles. The first kappa shape index (κ1) is 10.4. The number of nitrogens with one attached hydrogen (secondary N) is 1. The van der Waals surface area contributed by atoms with Crippen molar-refractivity contribution in [1.82, 2.24) is 10.3 Å². The number of nitrogens with zero attached hydrogens (tertiary/aromatic N) is 1. The monoisotopic (exact) mass is 210 g/mol. The van der Waals surface area contributed by atoms with E-state index in [0.29, 0.717) is 30.4 Å². The Labute approximate surface area is 88.7 Å². The largest absolute Gasteiger partial charge is 0.477 e. The Hall–Kier alpha value is -1.16. The van der Waals surface area contributed by atoms with Gasteiger partial charge in [0.25, 0.3) is 0 Å². The first-order valence-electron chi connectivity index (χ1n) is 5.28. The summed E-state index contributed by atoms with van der Waals surface area (Å²) in [4.78, 5) is 3.77. The van der Waals surface area contributed by atoms with E-state index in [4.69, 9.17) is 4.74 Å². The molecule has 0 amide bonds. The molecule has 0 aromatic carbocycles. The molecule has 2 heterocycles. The van der Waals surface area contributed by atoms with Gasteiger partial charge in [-0.3, -0.25) is 0 Å². The zero-order valence-electron chi connectivity index (χ0n) is 8.79. The van der Waals surface area contributed by atoms with Crippen LogP contribution in [0.15, 0.2) is 12.1 Å². The molecular weight excluding hydrogens is 195 g/mol. The highest BCUT2D eigenvalue weighted by atomic mass is 19.1. The fourth-order valence-corrected chi connectivity index (χ4v) is 1.46. The lowest BCUT2D eigenvalue weighted by molar-refractivity contribution is 0.192. The minimum atomic E-state index is -0.415. The number of aryl methyl sites for hydroxylation is 1. The molecule has 15 heavy (non-hydrogen) atoms. The molecule has 2 rings (SSSR count). The second kappa shape index (κ2) is 4.57. The van der Waals surface area contributed by atoms with Gasteiger partial charge in [-0.05, 0) is 12.5 Å². The molecule has 1 saturated heterocycles. The van der Waals surface area contributed by atoms with Gasteiger partial charge in [-0.2, -0.15) is 9.37 Å². The van der Waals surface area contributed by atoms with Crippen molar-refractivity contribution >= 4 is 0 Å². The lowest BCUT2D eigenvalue weighted by atomic mass is 10.1. The number of ether oxygens (including phenoxy) is 1. The van der Waals surface area contributed by atoms with Crippen LogP contribution in [0.3, 0.4) is 0 Å². The van der Waals surface area contributed by atoms with Crippen LogP contribution in [0.2, 0.25) is 0 Å². The third-order valence-corrected chi connectivity index (χ3v) is 2.61. The van der Waals surface area contributed by atoms with Crippen molar-refractivity contribution in [1.29, 1.82) is 0 Å². The summed E-state index contributed by atoms with van der Waals surface area (Å²) in [5, 5.41) is 3.15. The van der Waals surface area contributed by atoms with E-state index in [9.17, 15) is 4.39 Å². The Morgan fingerprint density at radius 3 is 2.87 bits per heavy atom. The molecule has 0 atom stereocenters. The maximum Gasteiger partial charge on any atom is 0.219 e. The number of hydrogen-bond donors (Lipinski definition) is 1. The Kier molecular flexibility index (Phi) is 3.16. The van der Waals surface area contributed by atoms with Gasteiger partial charge >= 0.3 is 0 Å². The average molecular weight is 210 g/mol. The van der Waals surface area contributed by atoms with Gasteiger partial charge in [0.2, 0.25) is 11.8 Å². The van der Waals surface area contributed by atoms with E-state index in [2.05, 4.69) is 10.3 Å². The van der Waals surface area contributed by atoms with Gasteiger partial charge in [0, 0.05) is 30.6 Å². The predicted octanol–water partition coefficient (Wildman–Crippen LogP) is 1.38. The molecule has 1 aromatic heterocycles. The summed E-state index contributed by atoms with van der Waals surface area (Å²) in [6.45, 7) is 4.48. The van der Waals surface area contributed by atoms with E-state index in [1.54, 1.807) is 12.1 Å². The minimum absolute atomic E-state index is 0.386. The standard InChI is InChI=1S/C11H15FN2O/c1-2-9-3-4-10(14-11(9)12)15-7-8-5-13-6-8/h3-4,8,13H,2,5-7H2,1H3. The Morgan fingerprint density at radius 1 is 1.53 bits per heavy atom. The number of hydrogen-bond acceptors (Lipinski definition) is 3. The van der Waals surface area contributed by atoms with Crippen LogP contribution >= 0.6 is 0 Å². The lowest BCUT2D eigenvalue weighted by Crippen LogP contribution is -2.45. The predicted molar refractivity (Wildman–Crippen MR) is 55.4 cm³/mol. The van der Waals surface area contributed by atoms with E-state index < -0.39 is 5.95 Å². The van der Waals surface area contributed by atoms with Crippen molar-refractivity contribution < 1.29 is 9.13 Å². The summed E-state index contributed by atoms with van der Waals surface area (Å²) in [5.41, 5.74) is 0.632. The smallest absolute Gasteiger partial charge is 0.219 e. The van der Waals surface area contributed by atoms with Crippen molar-refractivity contribution in [2.45, 2.75) is 13.3 Å². The Morgan fingerprint density at radius 2 is 2.33 bits per heavy atom. The topological polar surface area (TPSA) is 34.1 Å². The van der Waals surface area contributed by atoms with Crippen molar-refractivity contribution in [2.75, 3.05) is 19.7 Å². The quantitative estimate of drug-likeness (QED) is 0.762. The summed E-state index contributed by atoms with van der Waals surface area (Å²) in [6.07, 6.45) is 0.658. The molecule has 0 radical (unpaired) electrons. The van der Waals surface area contributed by atoms with E-state index in [-0.39, 0.29) is 0 Å². The van der Waals surface area contributed by atoms with Crippen LogP contribution in [0.5, 0.6) is 5.88 Å². The summed E-state index contributed by atoms with van der Waals surface area (Å²) in [6, 6.07) is 3.46. The van der Waals surface area contributed by atoms with Gasteiger partial charge in [-0.1, -0.05) is 6.92 Å². The van der Waals surface area contributed by atoms with Crippen molar-refractivity contribution in [3.63, 3.8) is 0 Å². The number of aromatic nitrogens is 1. The maximum atomic E-state index is 13.3. The van der Waals surface area contributed by atoms with Crippen LogP contribution in [-0.2, 0) is 6.42 Å². The van der Waals surface area contributed by atoms with Crippen molar-refractivity contribution in [3.8, 4) is 5.88 Å². The first-order chi connectivity index (χ1) is 7.29. The van der Waals surface area contributed by atoms with Gasteiger partial charge in [0.15, 0.2) is 0 Å². The first-order valence-corrected chi connectivity index (χ1v) is 5.28. The van der Waals surface area contributed by atoms with Gasteiger partial charge in [-0.15, -0.1) is 0 Å². The summed E-state index contributed by atoms with van der Waals surface area (Å²) in [5.74, 6) is 0.513. The summed E-state index contributed by atoms with van der Waals surface area (Å²) in [7, 11) is 0. The van der Waals surface area contributed by atoms with Crippen LogP contribution in [0.25, 0.3) is 0 Å². The van der Waals surface area contributed by atoms with Gasteiger partial charge < -0.3 is 10.1 Å². The minimum Gasteiger partial charge on any atom is -0.477 e. The third-order valence-electron chi connectivity index (χ3n) is 2.61. The van der Waals surface area contributed by atoms with Gasteiger partial charge in [0.05, 0.1) is 6.61 Å². The summed E-state index contributed by atoms with van der Waals surface area (Å²) < 4.78 is 18.7. The second-order valence-electron chi connectivity index (χ2n) is 3.79. The third kappa shape index (κ3) is 2.45. The fourth-order valence-electron chi connectivity index (χ4n) is 1.46. The zero-order chi connectivity index (χ0) is 10.7. The van der Waals surface area contributed by atoms with Gasteiger partial charge in [-0.25, -0.2) is 0 Å². The number of pyridine rings is 1. The molecule has 1 aromatic rings. The molecule has 4 heteroatoms. The zero-order valence-corrected chi connectivity index (χ0v) is 8.79. The summed E-state index contributed by atoms with van der Waals surface area (Å²) >= 11 is 0. The Bertz CT molecular complexity index is 339. The van der Waals surface area contributed by atoms with Crippen molar-refractivity contribution in [2.24, 2.45) is 5.92 Å². The van der Waals surface area contributed by atoms with E-state index in [0.717, 1.165) is 13.1 Å². The second-order valence-corrected chi connectivity index (χ2v) is 3.79. The van der Waals surface area contributed by atoms with Gasteiger partial charge in [0.1, 0.15) is 0 Å². The van der Waals surface area contributed by atoms with Crippen LogP contribution < -0.4 is 10.1 Å². The molecule has 0 aliphatic carbocycles. The van der Waals surface area contributed by atoms with Crippen LogP contribution in [0, 0.1) is 11.9 Å². The molecule has 3 nitrogen and oxygen atoms in total. The number of halogens is 1. The van der Waals surface area contributed by atoms with Crippen molar-refractivity contribution in [3.05, 3.63) is 23.6 Å².